The highest BCUT2D eigenvalue weighted by Crippen LogP contribution is 2.14. The Balaban J connectivity index is 3.92. The van der Waals surface area contributed by atoms with E-state index in [0.717, 1.165) is 0 Å². The molecule has 0 aromatic heterocycles. The molecule has 0 unspecified atom stereocenters. The largest absolute Gasteiger partial charge is 0.411 e. The third-order valence-electron chi connectivity index (χ3n) is 2.24. The lowest BCUT2D eigenvalue weighted by molar-refractivity contribution is -0.174. The van der Waals surface area contributed by atoms with Crippen molar-refractivity contribution in [1.82, 2.24) is 4.90 Å². The SMILES string of the molecule is COCCN(CCOCC(F)(F)F)CCC(N)=NO. The molecule has 114 valence electrons. The van der Waals surface area contributed by atoms with Crippen molar-refractivity contribution < 1.29 is 27.9 Å². The minimum atomic E-state index is -4.31. The van der Waals surface area contributed by atoms with Crippen LogP contribution < -0.4 is 5.73 Å². The molecule has 0 bridgehead atoms. The van der Waals surface area contributed by atoms with E-state index < -0.39 is 12.8 Å². The Morgan fingerprint density at radius 3 is 2.42 bits per heavy atom. The lowest BCUT2D eigenvalue weighted by Crippen LogP contribution is -2.34. The van der Waals surface area contributed by atoms with Crippen LogP contribution in [-0.2, 0) is 9.47 Å². The van der Waals surface area contributed by atoms with Crippen LogP contribution in [0, 0.1) is 0 Å². The standard InChI is InChI=1S/C10H20F3N3O3/c1-18-6-4-16(3-2-9(14)15-17)5-7-19-8-10(11,12)13/h17H,2-8H2,1H3,(H2,14,15). The molecule has 0 aromatic carbocycles. The Labute approximate surface area is 109 Å². The van der Waals surface area contributed by atoms with Crippen LogP contribution in [0.15, 0.2) is 5.16 Å². The van der Waals surface area contributed by atoms with Gasteiger partial charge in [0.2, 0.25) is 0 Å². The molecular formula is C10H20F3N3O3. The molecule has 0 aliphatic heterocycles. The second-order valence-corrected chi connectivity index (χ2v) is 3.84. The van der Waals surface area contributed by atoms with E-state index in [1.807, 2.05) is 4.90 Å². The van der Waals surface area contributed by atoms with E-state index in [9.17, 15) is 13.2 Å². The van der Waals surface area contributed by atoms with Gasteiger partial charge in [-0.2, -0.15) is 13.2 Å². The van der Waals surface area contributed by atoms with Crippen LogP contribution in [0.3, 0.4) is 0 Å². The first kappa shape index (κ1) is 17.9. The normalized spacial score (nSPS) is 13.2. The first-order valence-electron chi connectivity index (χ1n) is 5.71. The van der Waals surface area contributed by atoms with E-state index >= 15 is 0 Å². The van der Waals surface area contributed by atoms with E-state index in [1.54, 1.807) is 0 Å². The Bertz CT molecular complexity index is 262. The van der Waals surface area contributed by atoms with Gasteiger partial charge in [0.1, 0.15) is 12.4 Å². The zero-order chi connectivity index (χ0) is 14.7. The fraction of sp³-hybridized carbons (Fsp3) is 0.900. The number of amidine groups is 1. The summed E-state index contributed by atoms with van der Waals surface area (Å²) in [6, 6.07) is 0. The van der Waals surface area contributed by atoms with Gasteiger partial charge in [-0.3, -0.25) is 4.90 Å². The van der Waals surface area contributed by atoms with E-state index in [0.29, 0.717) is 32.7 Å². The van der Waals surface area contributed by atoms with Gasteiger partial charge in [0.25, 0.3) is 0 Å². The Morgan fingerprint density at radius 2 is 1.89 bits per heavy atom. The van der Waals surface area contributed by atoms with Crippen molar-refractivity contribution in [1.29, 1.82) is 0 Å². The summed E-state index contributed by atoms with van der Waals surface area (Å²) >= 11 is 0. The highest BCUT2D eigenvalue weighted by Gasteiger charge is 2.27. The fourth-order valence-corrected chi connectivity index (χ4v) is 1.26. The summed E-state index contributed by atoms with van der Waals surface area (Å²) in [7, 11) is 1.53. The summed E-state index contributed by atoms with van der Waals surface area (Å²) in [5.74, 6) is 0.0682. The molecule has 0 aliphatic carbocycles. The molecule has 0 atom stereocenters. The molecule has 0 aliphatic rings. The third-order valence-corrected chi connectivity index (χ3v) is 2.24. The average molecular weight is 287 g/mol. The maximum Gasteiger partial charge on any atom is 0.411 e. The number of nitrogens with two attached hydrogens (primary N) is 1. The summed E-state index contributed by atoms with van der Waals surface area (Å²) in [6.07, 6.45) is -4.00. The molecule has 0 rings (SSSR count). The first-order valence-corrected chi connectivity index (χ1v) is 5.71. The van der Waals surface area contributed by atoms with Gasteiger partial charge in [0.05, 0.1) is 13.2 Å². The number of hydrogen-bond donors (Lipinski definition) is 2. The quantitative estimate of drug-likeness (QED) is 0.203. The number of nitrogens with zero attached hydrogens (tertiary/aromatic N) is 2. The van der Waals surface area contributed by atoms with Crippen LogP contribution in [0.1, 0.15) is 6.42 Å². The van der Waals surface area contributed by atoms with Crippen molar-refractivity contribution in [2.75, 3.05) is 46.6 Å². The summed E-state index contributed by atoms with van der Waals surface area (Å²) in [5, 5.41) is 11.2. The topological polar surface area (TPSA) is 80.3 Å². The van der Waals surface area contributed by atoms with Gasteiger partial charge in [-0.05, 0) is 0 Å². The molecular weight excluding hydrogens is 267 g/mol. The maximum atomic E-state index is 11.9. The summed E-state index contributed by atoms with van der Waals surface area (Å²) < 4.78 is 45.0. The van der Waals surface area contributed by atoms with Crippen LogP contribution >= 0.6 is 0 Å². The van der Waals surface area contributed by atoms with Crippen molar-refractivity contribution in [3.8, 4) is 0 Å². The van der Waals surface area contributed by atoms with Crippen LogP contribution in [-0.4, -0.2) is 68.7 Å². The monoisotopic (exact) mass is 287 g/mol. The van der Waals surface area contributed by atoms with Gasteiger partial charge >= 0.3 is 6.18 Å². The molecule has 0 aromatic rings. The van der Waals surface area contributed by atoms with Crippen molar-refractivity contribution in [3.05, 3.63) is 0 Å². The molecule has 0 radical (unpaired) electrons. The van der Waals surface area contributed by atoms with E-state index in [-0.39, 0.29) is 12.4 Å². The average Bonchev–Trinajstić information content (AvgIpc) is 2.35. The molecule has 0 saturated heterocycles. The van der Waals surface area contributed by atoms with E-state index in [1.165, 1.54) is 7.11 Å². The maximum absolute atomic E-state index is 11.9. The van der Waals surface area contributed by atoms with Gasteiger partial charge in [0.15, 0.2) is 0 Å². The van der Waals surface area contributed by atoms with E-state index in [4.69, 9.17) is 15.7 Å². The molecule has 0 spiro atoms. The Morgan fingerprint density at radius 1 is 1.26 bits per heavy atom. The number of halogens is 3. The highest BCUT2D eigenvalue weighted by atomic mass is 19.4. The molecule has 6 nitrogen and oxygen atoms in total. The number of oxime groups is 1. The van der Waals surface area contributed by atoms with Crippen molar-refractivity contribution in [2.45, 2.75) is 12.6 Å². The summed E-state index contributed by atoms with van der Waals surface area (Å²) in [4.78, 5) is 1.82. The smallest absolute Gasteiger partial charge is 0.409 e. The van der Waals surface area contributed by atoms with Gasteiger partial charge in [-0.15, -0.1) is 0 Å². The molecule has 0 amide bonds. The zero-order valence-electron chi connectivity index (χ0n) is 10.8. The van der Waals surface area contributed by atoms with Gasteiger partial charge in [0, 0.05) is 33.2 Å². The minimum absolute atomic E-state index is 0.0423. The first-order chi connectivity index (χ1) is 8.89. The van der Waals surface area contributed by atoms with Crippen LogP contribution in [0.4, 0.5) is 13.2 Å². The number of hydrogen-bond acceptors (Lipinski definition) is 5. The molecule has 19 heavy (non-hydrogen) atoms. The van der Waals surface area contributed by atoms with Crippen molar-refractivity contribution >= 4 is 5.84 Å². The van der Waals surface area contributed by atoms with Crippen molar-refractivity contribution in [2.24, 2.45) is 10.9 Å². The molecule has 9 heteroatoms. The van der Waals surface area contributed by atoms with Gasteiger partial charge < -0.3 is 20.4 Å². The number of methoxy groups -OCH3 is 1. The molecule has 0 saturated carbocycles. The molecule has 0 heterocycles. The summed E-state index contributed by atoms with van der Waals surface area (Å²) in [5.41, 5.74) is 5.32. The second-order valence-electron chi connectivity index (χ2n) is 3.84. The summed E-state index contributed by atoms with van der Waals surface area (Å²) in [6.45, 7) is 0.442. The predicted octanol–water partition coefficient (Wildman–Crippen LogP) is 0.650. The highest BCUT2D eigenvalue weighted by molar-refractivity contribution is 5.79. The lowest BCUT2D eigenvalue weighted by Gasteiger charge is -2.21. The van der Waals surface area contributed by atoms with E-state index in [2.05, 4.69) is 9.89 Å². The lowest BCUT2D eigenvalue weighted by atomic mass is 10.3. The Kier molecular flexibility index (Phi) is 9.27. The molecule has 3 N–H and O–H groups in total. The minimum Gasteiger partial charge on any atom is -0.409 e. The second kappa shape index (κ2) is 9.82. The zero-order valence-corrected chi connectivity index (χ0v) is 10.8. The fourth-order valence-electron chi connectivity index (χ4n) is 1.26. The van der Waals surface area contributed by atoms with Crippen LogP contribution in [0.5, 0.6) is 0 Å². The van der Waals surface area contributed by atoms with Gasteiger partial charge in [-0.25, -0.2) is 0 Å². The van der Waals surface area contributed by atoms with Crippen molar-refractivity contribution in [3.63, 3.8) is 0 Å². The third kappa shape index (κ3) is 11.7. The number of ether oxygens (including phenoxy) is 2. The predicted molar refractivity (Wildman–Crippen MR) is 63.2 cm³/mol. The number of rotatable bonds is 10. The van der Waals surface area contributed by atoms with Crippen LogP contribution in [0.25, 0.3) is 0 Å². The van der Waals surface area contributed by atoms with Gasteiger partial charge in [-0.1, -0.05) is 5.16 Å². The number of alkyl halides is 3. The molecule has 0 fully saturated rings. The van der Waals surface area contributed by atoms with Crippen LogP contribution in [0.2, 0.25) is 0 Å². The Hall–Kier alpha value is -1.06.